The van der Waals surface area contributed by atoms with Crippen molar-refractivity contribution in [2.24, 2.45) is 0 Å². The van der Waals surface area contributed by atoms with Gasteiger partial charge in [0.1, 0.15) is 0 Å². The first-order valence-corrected chi connectivity index (χ1v) is 6.44. The van der Waals surface area contributed by atoms with Gasteiger partial charge in [-0.3, -0.25) is 4.98 Å². The van der Waals surface area contributed by atoms with Crippen molar-refractivity contribution >= 4 is 15.8 Å². The lowest BCUT2D eigenvalue weighted by Gasteiger charge is -2.09. The van der Waals surface area contributed by atoms with Crippen LogP contribution in [-0.2, 0) is 15.6 Å². The summed E-state index contributed by atoms with van der Waals surface area (Å²) in [7, 11) is -3.30. The van der Waals surface area contributed by atoms with Crippen LogP contribution >= 0.6 is 0 Å². The van der Waals surface area contributed by atoms with Gasteiger partial charge in [-0.25, -0.2) is 13.2 Å². The number of sulfone groups is 1. The average Bonchev–Trinajstić information content (AvgIpc) is 2.17. The van der Waals surface area contributed by atoms with E-state index in [9.17, 15) is 13.2 Å². The molecule has 1 heterocycles. The van der Waals surface area contributed by atoms with Crippen molar-refractivity contribution in [3.05, 3.63) is 29.6 Å². The molecule has 0 bridgehead atoms. The molecular formula is C10H13NO4S. The molecule has 0 saturated heterocycles. The first-order chi connectivity index (χ1) is 7.34. The third-order valence-corrected chi connectivity index (χ3v) is 4.37. The maximum absolute atomic E-state index is 11.7. The summed E-state index contributed by atoms with van der Waals surface area (Å²) in [6, 6.07) is 1.42. The van der Waals surface area contributed by atoms with E-state index in [0.29, 0.717) is 0 Å². The number of aromatic nitrogens is 1. The molecule has 1 aromatic rings. The summed E-state index contributed by atoms with van der Waals surface area (Å²) in [4.78, 5) is 14.5. The van der Waals surface area contributed by atoms with Crippen LogP contribution in [0.4, 0.5) is 0 Å². The summed E-state index contributed by atoms with van der Waals surface area (Å²) in [6.07, 6.45) is 2.55. The average molecular weight is 243 g/mol. The molecule has 0 aromatic carbocycles. The standard InChI is InChI=1S/C10H13NO4S/c1-7(2)16(14,15)6-8-3-4-11-5-9(8)10(12)13/h3-5,7H,6H2,1-2H3,(H,12,13). The lowest BCUT2D eigenvalue weighted by molar-refractivity contribution is 0.0695. The van der Waals surface area contributed by atoms with Crippen molar-refractivity contribution in [1.29, 1.82) is 0 Å². The van der Waals surface area contributed by atoms with Gasteiger partial charge in [0.25, 0.3) is 0 Å². The van der Waals surface area contributed by atoms with Crippen LogP contribution in [0, 0.1) is 0 Å². The molecule has 88 valence electrons. The number of pyridine rings is 1. The molecule has 0 amide bonds. The van der Waals surface area contributed by atoms with Crippen LogP contribution in [0.25, 0.3) is 0 Å². The molecular weight excluding hydrogens is 230 g/mol. The number of rotatable bonds is 4. The Bertz CT molecular complexity index is 493. The van der Waals surface area contributed by atoms with Crippen LogP contribution in [0.1, 0.15) is 29.8 Å². The van der Waals surface area contributed by atoms with E-state index in [4.69, 9.17) is 5.11 Å². The fraction of sp³-hybridized carbons (Fsp3) is 0.400. The van der Waals surface area contributed by atoms with Crippen LogP contribution in [0.3, 0.4) is 0 Å². The minimum atomic E-state index is -3.30. The molecule has 0 spiro atoms. The van der Waals surface area contributed by atoms with Crippen LogP contribution in [0.2, 0.25) is 0 Å². The molecule has 0 aliphatic heterocycles. The lowest BCUT2D eigenvalue weighted by Crippen LogP contribution is -2.17. The smallest absolute Gasteiger partial charge is 0.337 e. The Balaban J connectivity index is 3.12. The number of carboxylic acids is 1. The number of hydrogen-bond acceptors (Lipinski definition) is 4. The quantitative estimate of drug-likeness (QED) is 0.856. The first kappa shape index (κ1) is 12.6. The normalized spacial score (nSPS) is 11.7. The monoisotopic (exact) mass is 243 g/mol. The second-order valence-corrected chi connectivity index (χ2v) is 6.25. The summed E-state index contributed by atoms with van der Waals surface area (Å²) >= 11 is 0. The van der Waals surface area contributed by atoms with Gasteiger partial charge in [0, 0.05) is 12.4 Å². The molecule has 1 aromatic heterocycles. The zero-order chi connectivity index (χ0) is 12.3. The van der Waals surface area contributed by atoms with E-state index in [1.54, 1.807) is 13.8 Å². The van der Waals surface area contributed by atoms with Gasteiger partial charge >= 0.3 is 5.97 Å². The van der Waals surface area contributed by atoms with Crippen LogP contribution in [-0.4, -0.2) is 29.7 Å². The second-order valence-electron chi connectivity index (χ2n) is 3.69. The zero-order valence-electron chi connectivity index (χ0n) is 9.04. The minimum Gasteiger partial charge on any atom is -0.478 e. The Kier molecular flexibility index (Phi) is 3.64. The van der Waals surface area contributed by atoms with E-state index >= 15 is 0 Å². The third kappa shape index (κ3) is 2.79. The predicted molar refractivity (Wildman–Crippen MR) is 59.0 cm³/mol. The molecule has 0 aliphatic rings. The van der Waals surface area contributed by atoms with Gasteiger partial charge in [0.05, 0.1) is 16.6 Å². The van der Waals surface area contributed by atoms with Crippen molar-refractivity contribution in [2.45, 2.75) is 24.9 Å². The number of carboxylic acid groups (broad SMARTS) is 1. The molecule has 16 heavy (non-hydrogen) atoms. The van der Waals surface area contributed by atoms with Gasteiger partial charge in [0.15, 0.2) is 9.84 Å². The Morgan fingerprint density at radius 3 is 2.62 bits per heavy atom. The van der Waals surface area contributed by atoms with Crippen molar-refractivity contribution in [2.75, 3.05) is 0 Å². The topological polar surface area (TPSA) is 84.3 Å². The SMILES string of the molecule is CC(C)S(=O)(=O)Cc1ccncc1C(=O)O. The molecule has 0 fully saturated rings. The molecule has 0 radical (unpaired) electrons. The fourth-order valence-electron chi connectivity index (χ4n) is 1.13. The molecule has 5 nitrogen and oxygen atoms in total. The molecule has 1 N–H and O–H groups in total. The zero-order valence-corrected chi connectivity index (χ0v) is 9.86. The van der Waals surface area contributed by atoms with Crippen molar-refractivity contribution in [3.63, 3.8) is 0 Å². The Morgan fingerprint density at radius 2 is 2.12 bits per heavy atom. The van der Waals surface area contributed by atoms with Crippen LogP contribution in [0.5, 0.6) is 0 Å². The van der Waals surface area contributed by atoms with E-state index in [2.05, 4.69) is 4.98 Å². The van der Waals surface area contributed by atoms with Gasteiger partial charge in [-0.2, -0.15) is 0 Å². The summed E-state index contributed by atoms with van der Waals surface area (Å²) in [5.74, 6) is -1.43. The predicted octanol–water partition coefficient (Wildman–Crippen LogP) is 1.10. The van der Waals surface area contributed by atoms with Gasteiger partial charge in [-0.1, -0.05) is 0 Å². The van der Waals surface area contributed by atoms with E-state index in [-0.39, 0.29) is 16.9 Å². The fourth-order valence-corrected chi connectivity index (χ4v) is 2.14. The highest BCUT2D eigenvalue weighted by molar-refractivity contribution is 7.91. The van der Waals surface area contributed by atoms with E-state index in [1.807, 2.05) is 0 Å². The van der Waals surface area contributed by atoms with Crippen molar-refractivity contribution < 1.29 is 18.3 Å². The third-order valence-electron chi connectivity index (χ3n) is 2.22. The second kappa shape index (κ2) is 4.61. The highest BCUT2D eigenvalue weighted by atomic mass is 32.2. The number of carbonyl (C=O) groups is 1. The van der Waals surface area contributed by atoms with Crippen LogP contribution < -0.4 is 0 Å². The minimum absolute atomic E-state index is 0.0632. The van der Waals surface area contributed by atoms with E-state index in [1.165, 1.54) is 12.3 Å². The molecule has 0 atom stereocenters. The Labute approximate surface area is 94.1 Å². The van der Waals surface area contributed by atoms with Gasteiger partial charge in [0.2, 0.25) is 0 Å². The maximum atomic E-state index is 11.7. The summed E-state index contributed by atoms with van der Waals surface area (Å²) in [6.45, 7) is 3.13. The van der Waals surface area contributed by atoms with Gasteiger partial charge < -0.3 is 5.11 Å². The largest absolute Gasteiger partial charge is 0.478 e. The van der Waals surface area contributed by atoms with E-state index < -0.39 is 21.1 Å². The molecule has 0 aliphatic carbocycles. The highest BCUT2D eigenvalue weighted by Crippen LogP contribution is 2.14. The summed E-state index contributed by atoms with van der Waals surface area (Å²) in [5.41, 5.74) is 0.211. The van der Waals surface area contributed by atoms with Gasteiger partial charge in [-0.05, 0) is 25.5 Å². The van der Waals surface area contributed by atoms with Crippen molar-refractivity contribution in [3.8, 4) is 0 Å². The molecule has 1 rings (SSSR count). The molecule has 6 heteroatoms. The molecule has 0 unspecified atom stereocenters. The van der Waals surface area contributed by atoms with Crippen LogP contribution in [0.15, 0.2) is 18.5 Å². The summed E-state index contributed by atoms with van der Waals surface area (Å²) < 4.78 is 23.3. The maximum Gasteiger partial charge on any atom is 0.337 e. The Hall–Kier alpha value is -1.43. The Morgan fingerprint density at radius 1 is 1.50 bits per heavy atom. The number of aromatic carboxylic acids is 1. The number of hydrogen-bond donors (Lipinski definition) is 1. The lowest BCUT2D eigenvalue weighted by atomic mass is 10.2. The summed E-state index contributed by atoms with van der Waals surface area (Å²) in [5, 5.41) is 8.34. The molecule has 0 saturated carbocycles. The van der Waals surface area contributed by atoms with Gasteiger partial charge in [-0.15, -0.1) is 0 Å². The first-order valence-electron chi connectivity index (χ1n) is 4.72. The van der Waals surface area contributed by atoms with Crippen molar-refractivity contribution in [1.82, 2.24) is 4.98 Å². The van der Waals surface area contributed by atoms with E-state index in [0.717, 1.165) is 6.20 Å². The highest BCUT2D eigenvalue weighted by Gasteiger charge is 2.20. The number of nitrogens with zero attached hydrogens (tertiary/aromatic N) is 1.